The molecule has 39 heavy (non-hydrogen) atoms. The quantitative estimate of drug-likeness (QED) is 0.194. The van der Waals surface area contributed by atoms with Gasteiger partial charge in [0.25, 0.3) is 5.91 Å². The predicted octanol–water partition coefficient (Wildman–Crippen LogP) is 4.60. The lowest BCUT2D eigenvalue weighted by Gasteiger charge is -2.14. The van der Waals surface area contributed by atoms with E-state index in [1.807, 2.05) is 0 Å². The van der Waals surface area contributed by atoms with Crippen LogP contribution < -0.4 is 14.8 Å². The molecule has 0 unspecified atom stereocenters. The van der Waals surface area contributed by atoms with Crippen molar-refractivity contribution in [3.05, 3.63) is 86.9 Å². The van der Waals surface area contributed by atoms with Crippen molar-refractivity contribution in [1.29, 1.82) is 0 Å². The van der Waals surface area contributed by atoms with E-state index in [0.29, 0.717) is 33.7 Å². The van der Waals surface area contributed by atoms with Crippen molar-refractivity contribution < 1.29 is 42.9 Å². The van der Waals surface area contributed by atoms with Crippen LogP contribution in [0.15, 0.2) is 63.1 Å². The van der Waals surface area contributed by atoms with Gasteiger partial charge in [-0.2, -0.15) is 0 Å². The average molecular weight is 599 g/mol. The number of hydrogen-bond donors (Lipinski definition) is 2. The number of carbonyl (C=O) groups excluding carboxylic acids is 3. The number of furan rings is 1. The highest BCUT2D eigenvalue weighted by Gasteiger charge is 2.34. The van der Waals surface area contributed by atoms with Gasteiger partial charge in [0.2, 0.25) is 5.76 Å². The van der Waals surface area contributed by atoms with E-state index in [1.54, 1.807) is 31.2 Å². The normalized spacial score (nSPS) is 13.9. The molecule has 0 aliphatic carbocycles. The van der Waals surface area contributed by atoms with Gasteiger partial charge in [-0.15, -0.1) is 0 Å². The Hall–Kier alpha value is -4.58. The van der Waals surface area contributed by atoms with E-state index < -0.39 is 23.9 Å². The number of hydrogen-bond acceptors (Lipinski definition) is 8. The van der Waals surface area contributed by atoms with Gasteiger partial charge in [0, 0.05) is 4.47 Å². The summed E-state index contributed by atoms with van der Waals surface area (Å²) >= 11 is 3.47. The van der Waals surface area contributed by atoms with Crippen LogP contribution >= 0.6 is 15.9 Å². The fourth-order valence-electron chi connectivity index (χ4n) is 3.70. The highest BCUT2D eigenvalue weighted by atomic mass is 79.9. The summed E-state index contributed by atoms with van der Waals surface area (Å²) < 4.78 is 22.1. The lowest BCUT2D eigenvalue weighted by Crippen LogP contribution is -2.30. The number of aromatic carboxylic acids is 1. The second-order valence-electron chi connectivity index (χ2n) is 8.18. The monoisotopic (exact) mass is 598 g/mol. The minimum Gasteiger partial charge on any atom is -0.490 e. The molecular weight excluding hydrogens is 576 g/mol. The number of benzene rings is 2. The van der Waals surface area contributed by atoms with Gasteiger partial charge in [0.15, 0.2) is 11.5 Å². The Kier molecular flexibility index (Phi) is 8.35. The summed E-state index contributed by atoms with van der Waals surface area (Å²) in [5, 5.41) is 11.7. The first-order valence-electron chi connectivity index (χ1n) is 11.6. The zero-order valence-electron chi connectivity index (χ0n) is 20.9. The van der Waals surface area contributed by atoms with Crippen LogP contribution in [-0.2, 0) is 22.7 Å². The number of rotatable bonds is 10. The van der Waals surface area contributed by atoms with Crippen LogP contribution in [0, 0.1) is 0 Å². The number of nitrogens with one attached hydrogen (secondary N) is 1. The van der Waals surface area contributed by atoms with E-state index in [9.17, 15) is 24.3 Å². The van der Waals surface area contributed by atoms with Crippen molar-refractivity contribution >= 4 is 45.9 Å². The Bertz CT molecular complexity index is 1480. The summed E-state index contributed by atoms with van der Waals surface area (Å²) in [6.07, 6.45) is 1.50. The van der Waals surface area contributed by atoms with Crippen LogP contribution in [0.3, 0.4) is 0 Å². The first kappa shape index (κ1) is 27.5. The molecule has 11 nitrogen and oxygen atoms in total. The van der Waals surface area contributed by atoms with Crippen LogP contribution in [0.1, 0.15) is 44.7 Å². The molecule has 1 aliphatic heterocycles. The average Bonchev–Trinajstić information content (AvgIpc) is 3.49. The molecular formula is C27H23BrN2O9. The number of carboxylic acids is 1. The molecule has 2 N–H and O–H groups in total. The second kappa shape index (κ2) is 11.9. The van der Waals surface area contributed by atoms with Crippen LogP contribution in [0.2, 0.25) is 0 Å². The number of imide groups is 1. The SMILES string of the molecule is CCOc1cc(/C=C2\NC(=O)N(Cc3ccc(C(=O)OC)o3)C2=O)c(Br)cc1OCc1cccc(C(=O)O)c1. The summed E-state index contributed by atoms with van der Waals surface area (Å²) in [5.41, 5.74) is 1.38. The smallest absolute Gasteiger partial charge is 0.373 e. The molecule has 0 bridgehead atoms. The Balaban J connectivity index is 1.53. The van der Waals surface area contributed by atoms with Crippen LogP contribution in [0.5, 0.6) is 11.5 Å². The number of ether oxygens (including phenoxy) is 3. The van der Waals surface area contributed by atoms with Gasteiger partial charge in [0.05, 0.1) is 25.8 Å². The van der Waals surface area contributed by atoms with Crippen molar-refractivity contribution in [1.82, 2.24) is 10.2 Å². The van der Waals surface area contributed by atoms with Gasteiger partial charge >= 0.3 is 18.0 Å². The number of carbonyl (C=O) groups is 4. The Morgan fingerprint density at radius 3 is 2.59 bits per heavy atom. The number of amides is 3. The van der Waals surface area contributed by atoms with E-state index in [1.165, 1.54) is 37.5 Å². The van der Waals surface area contributed by atoms with Crippen molar-refractivity contribution in [2.45, 2.75) is 20.1 Å². The molecule has 2 aromatic carbocycles. The maximum atomic E-state index is 13.0. The molecule has 1 saturated heterocycles. The number of methoxy groups -OCH3 is 1. The summed E-state index contributed by atoms with van der Waals surface area (Å²) in [4.78, 5) is 49.3. The summed E-state index contributed by atoms with van der Waals surface area (Å²) in [6.45, 7) is 2.06. The van der Waals surface area contributed by atoms with E-state index in [-0.39, 0.29) is 35.9 Å². The van der Waals surface area contributed by atoms with Crippen molar-refractivity contribution in [3.8, 4) is 11.5 Å². The summed E-state index contributed by atoms with van der Waals surface area (Å²) in [5.74, 6) is -1.31. The number of esters is 1. The van der Waals surface area contributed by atoms with E-state index in [0.717, 1.165) is 4.90 Å². The predicted molar refractivity (Wildman–Crippen MR) is 140 cm³/mol. The van der Waals surface area contributed by atoms with Crippen LogP contribution in [0.25, 0.3) is 6.08 Å². The zero-order chi connectivity index (χ0) is 28.1. The molecule has 2 heterocycles. The zero-order valence-corrected chi connectivity index (χ0v) is 22.4. The largest absolute Gasteiger partial charge is 0.490 e. The minimum absolute atomic E-state index is 0.0297. The van der Waals surface area contributed by atoms with E-state index in [4.69, 9.17) is 13.9 Å². The molecule has 202 valence electrons. The molecule has 3 aromatic rings. The Labute approximate surface area is 231 Å². The number of halogens is 1. The van der Waals surface area contributed by atoms with Gasteiger partial charge in [-0.3, -0.25) is 9.69 Å². The molecule has 0 spiro atoms. The van der Waals surface area contributed by atoms with Gasteiger partial charge < -0.3 is 29.1 Å². The number of urea groups is 1. The summed E-state index contributed by atoms with van der Waals surface area (Å²) in [7, 11) is 1.22. The number of carboxylic acid groups (broad SMARTS) is 1. The molecule has 3 amide bonds. The van der Waals surface area contributed by atoms with Gasteiger partial charge in [-0.05, 0) is 60.5 Å². The van der Waals surface area contributed by atoms with Gasteiger partial charge in [-0.1, -0.05) is 28.1 Å². The van der Waals surface area contributed by atoms with E-state index >= 15 is 0 Å². The second-order valence-corrected chi connectivity index (χ2v) is 9.04. The highest BCUT2D eigenvalue weighted by molar-refractivity contribution is 9.10. The topological polar surface area (TPSA) is 145 Å². The molecule has 12 heteroatoms. The van der Waals surface area contributed by atoms with Crippen molar-refractivity contribution in [2.75, 3.05) is 13.7 Å². The Morgan fingerprint density at radius 2 is 1.87 bits per heavy atom. The van der Waals surface area contributed by atoms with E-state index in [2.05, 4.69) is 26.0 Å². The van der Waals surface area contributed by atoms with Crippen molar-refractivity contribution in [2.24, 2.45) is 0 Å². The molecule has 1 aliphatic rings. The standard InChI is InChI=1S/C27H23BrN2O9/c1-3-37-22-11-17(19(28)12-23(22)38-14-15-5-4-6-16(9-15)25(32)33)10-20-24(31)30(27(35)29-20)13-18-7-8-21(39-18)26(34)36-2/h4-12H,3,13-14H2,1-2H3,(H,29,35)(H,32,33)/b20-10-. The van der Waals surface area contributed by atoms with Crippen molar-refractivity contribution in [3.63, 3.8) is 0 Å². The molecule has 0 radical (unpaired) electrons. The first-order valence-corrected chi connectivity index (χ1v) is 12.4. The Morgan fingerprint density at radius 1 is 1.10 bits per heavy atom. The molecule has 0 atom stereocenters. The maximum absolute atomic E-state index is 13.0. The maximum Gasteiger partial charge on any atom is 0.373 e. The van der Waals surface area contributed by atoms with Crippen LogP contribution in [-0.4, -0.2) is 47.6 Å². The third-order valence-electron chi connectivity index (χ3n) is 5.56. The third-order valence-corrected chi connectivity index (χ3v) is 6.24. The molecule has 0 saturated carbocycles. The molecule has 1 aromatic heterocycles. The first-order chi connectivity index (χ1) is 18.7. The van der Waals surface area contributed by atoms with Crippen LogP contribution in [0.4, 0.5) is 4.79 Å². The fourth-order valence-corrected chi connectivity index (χ4v) is 4.13. The highest BCUT2D eigenvalue weighted by Crippen LogP contribution is 2.36. The minimum atomic E-state index is -1.03. The third kappa shape index (κ3) is 6.29. The molecule has 4 rings (SSSR count). The molecule has 1 fully saturated rings. The lowest BCUT2D eigenvalue weighted by molar-refractivity contribution is -0.123. The van der Waals surface area contributed by atoms with Gasteiger partial charge in [0.1, 0.15) is 18.1 Å². The fraction of sp³-hybridized carbons (Fsp3) is 0.185. The number of nitrogens with zero attached hydrogens (tertiary/aromatic N) is 1. The van der Waals surface area contributed by atoms with Gasteiger partial charge in [-0.25, -0.2) is 14.4 Å². The summed E-state index contributed by atoms with van der Waals surface area (Å²) in [6, 6.07) is 12.0. The lowest BCUT2D eigenvalue weighted by atomic mass is 10.1.